The molecule has 6 heteroatoms. The summed E-state index contributed by atoms with van der Waals surface area (Å²) in [6, 6.07) is 22.3. The quantitative estimate of drug-likeness (QED) is 0.521. The lowest BCUT2D eigenvalue weighted by molar-refractivity contribution is -0.0230. The topological polar surface area (TPSA) is 42.0 Å². The summed E-state index contributed by atoms with van der Waals surface area (Å²) in [5.74, 6) is 0.560. The van der Waals surface area contributed by atoms with Crippen molar-refractivity contribution in [1.29, 1.82) is 0 Å². The first kappa shape index (κ1) is 26.9. The Balaban J connectivity index is 1.38. The maximum atomic E-state index is 12.3. The molecule has 4 rings (SSSR count). The molecule has 2 aromatic rings. The molecule has 2 aliphatic rings. The monoisotopic (exact) mass is 508 g/mol. The zero-order valence-electron chi connectivity index (χ0n) is 23.0. The Morgan fingerprint density at radius 2 is 1.36 bits per heavy atom. The molecule has 196 valence electrons. The molecule has 0 N–H and O–H groups in total. The van der Waals surface area contributed by atoms with Crippen molar-refractivity contribution in [1.82, 2.24) is 9.80 Å². The van der Waals surface area contributed by atoms with Gasteiger partial charge in [-0.3, -0.25) is 4.90 Å². The number of benzene rings is 2. The zero-order chi connectivity index (χ0) is 26.0. The second-order valence-electron chi connectivity index (χ2n) is 12.5. The van der Waals surface area contributed by atoms with E-state index >= 15 is 0 Å². The van der Waals surface area contributed by atoms with Crippen molar-refractivity contribution >= 4 is 24.8 Å². The number of hydrogen-bond acceptors (Lipinski definition) is 4. The van der Waals surface area contributed by atoms with Gasteiger partial charge in [0.1, 0.15) is 5.60 Å². The van der Waals surface area contributed by atoms with Crippen molar-refractivity contribution in [2.24, 2.45) is 5.92 Å². The van der Waals surface area contributed by atoms with E-state index in [0.29, 0.717) is 12.0 Å². The van der Waals surface area contributed by atoms with E-state index in [1.165, 1.54) is 10.4 Å². The molecule has 1 amide bonds. The Hall–Kier alpha value is -2.15. The number of piperidine rings is 1. The first-order chi connectivity index (χ1) is 17.0. The van der Waals surface area contributed by atoms with Crippen molar-refractivity contribution in [3.8, 4) is 0 Å². The van der Waals surface area contributed by atoms with Gasteiger partial charge in [0, 0.05) is 25.7 Å². The minimum absolute atomic E-state index is 0.00740. The third-order valence-corrected chi connectivity index (χ3v) is 12.6. The number of carbonyl (C=O) groups excluding carboxylic acids is 1. The predicted molar refractivity (Wildman–Crippen MR) is 149 cm³/mol. The van der Waals surface area contributed by atoms with Crippen LogP contribution in [0.25, 0.3) is 0 Å². The molecule has 0 aromatic heterocycles. The average Bonchev–Trinajstić information content (AvgIpc) is 2.79. The van der Waals surface area contributed by atoms with Crippen molar-refractivity contribution in [2.75, 3.05) is 32.8 Å². The lowest BCUT2D eigenvalue weighted by Gasteiger charge is -2.48. The fourth-order valence-electron chi connectivity index (χ4n) is 5.65. The van der Waals surface area contributed by atoms with Crippen molar-refractivity contribution in [3.05, 3.63) is 60.7 Å². The van der Waals surface area contributed by atoms with Crippen molar-refractivity contribution in [3.63, 3.8) is 0 Å². The normalized spacial score (nSPS) is 18.7. The minimum atomic E-state index is -2.48. The molecule has 5 nitrogen and oxygen atoms in total. The Morgan fingerprint density at radius 1 is 0.861 bits per heavy atom. The highest BCUT2D eigenvalue weighted by Gasteiger charge is 2.50. The molecular weight excluding hydrogens is 464 g/mol. The molecule has 0 spiro atoms. The molecule has 0 radical (unpaired) electrons. The largest absolute Gasteiger partial charge is 0.444 e. The maximum Gasteiger partial charge on any atom is 0.410 e. The first-order valence-electron chi connectivity index (χ1n) is 13.5. The van der Waals surface area contributed by atoms with E-state index in [1.807, 2.05) is 25.7 Å². The maximum absolute atomic E-state index is 12.3. The standard InChI is InChI=1S/C30H44N2O3Si/c1-29(2,3)35-28(33)32-21-25(22-32)31-19-17-24(18-20-31)23-34-36(30(4,5)6,26-13-9-7-10-14-26)27-15-11-8-12-16-27/h7-16,24-25H,17-23H2,1-6H3. The molecule has 0 unspecified atom stereocenters. The van der Waals surface area contributed by atoms with Gasteiger partial charge in [-0.05, 0) is 68.0 Å². The highest BCUT2D eigenvalue weighted by molar-refractivity contribution is 6.99. The van der Waals surface area contributed by atoms with Gasteiger partial charge in [0.15, 0.2) is 0 Å². The van der Waals surface area contributed by atoms with Crippen LogP contribution in [-0.2, 0) is 9.16 Å². The van der Waals surface area contributed by atoms with Gasteiger partial charge in [-0.15, -0.1) is 0 Å². The Kier molecular flexibility index (Phi) is 7.98. The summed E-state index contributed by atoms with van der Waals surface area (Å²) >= 11 is 0. The van der Waals surface area contributed by atoms with E-state index in [-0.39, 0.29) is 11.1 Å². The van der Waals surface area contributed by atoms with E-state index < -0.39 is 13.9 Å². The average molecular weight is 509 g/mol. The third kappa shape index (κ3) is 5.87. The van der Waals surface area contributed by atoms with Crippen LogP contribution < -0.4 is 10.4 Å². The number of rotatable bonds is 6. The molecule has 2 fully saturated rings. The van der Waals surface area contributed by atoms with Crippen LogP contribution in [0.5, 0.6) is 0 Å². The van der Waals surface area contributed by atoms with Gasteiger partial charge in [-0.1, -0.05) is 81.4 Å². The van der Waals surface area contributed by atoms with E-state index in [0.717, 1.165) is 45.6 Å². The van der Waals surface area contributed by atoms with Gasteiger partial charge in [0.25, 0.3) is 8.32 Å². The number of ether oxygens (including phenoxy) is 1. The lowest BCUT2D eigenvalue weighted by atomic mass is 9.95. The summed E-state index contributed by atoms with van der Waals surface area (Å²) in [5, 5.41) is 2.70. The highest BCUT2D eigenvalue weighted by atomic mass is 28.4. The molecule has 2 aromatic carbocycles. The Labute approximate surface area is 218 Å². The van der Waals surface area contributed by atoms with Gasteiger partial charge >= 0.3 is 6.09 Å². The number of likely N-dealkylation sites (tertiary alicyclic amines) is 2. The fourth-order valence-corrected chi connectivity index (χ4v) is 10.3. The molecule has 2 heterocycles. The van der Waals surface area contributed by atoms with Crippen molar-refractivity contribution in [2.45, 2.75) is 71.1 Å². The van der Waals surface area contributed by atoms with Crippen LogP contribution in [0.3, 0.4) is 0 Å². The molecule has 36 heavy (non-hydrogen) atoms. The SMILES string of the molecule is CC(C)(C)OC(=O)N1CC(N2CCC(CO[Si](c3ccccc3)(c3ccccc3)C(C)(C)C)CC2)C1. The lowest BCUT2D eigenvalue weighted by Crippen LogP contribution is -2.67. The minimum Gasteiger partial charge on any atom is -0.444 e. The summed E-state index contributed by atoms with van der Waals surface area (Å²) in [7, 11) is -2.48. The number of amides is 1. The van der Waals surface area contributed by atoms with Crippen LogP contribution >= 0.6 is 0 Å². The smallest absolute Gasteiger partial charge is 0.410 e. The van der Waals surface area contributed by atoms with E-state index in [2.05, 4.69) is 86.3 Å². The van der Waals surface area contributed by atoms with Gasteiger partial charge < -0.3 is 14.1 Å². The highest BCUT2D eigenvalue weighted by Crippen LogP contribution is 2.37. The fraction of sp³-hybridized carbons (Fsp3) is 0.567. The number of hydrogen-bond donors (Lipinski definition) is 0. The molecule has 0 saturated carbocycles. The number of nitrogens with zero attached hydrogens (tertiary/aromatic N) is 2. The second kappa shape index (κ2) is 10.7. The molecule has 2 aliphatic heterocycles. The Morgan fingerprint density at radius 3 is 1.81 bits per heavy atom. The van der Waals surface area contributed by atoms with Crippen LogP contribution in [0.1, 0.15) is 54.4 Å². The van der Waals surface area contributed by atoms with Crippen molar-refractivity contribution < 1.29 is 14.0 Å². The summed E-state index contributed by atoms with van der Waals surface area (Å²) in [6.45, 7) is 17.3. The van der Waals surface area contributed by atoms with Gasteiger partial charge in [0.05, 0.1) is 0 Å². The van der Waals surface area contributed by atoms with Gasteiger partial charge in [-0.2, -0.15) is 0 Å². The molecule has 0 atom stereocenters. The predicted octanol–water partition coefficient (Wildman–Crippen LogP) is 4.89. The second-order valence-corrected chi connectivity index (χ2v) is 16.8. The van der Waals surface area contributed by atoms with Gasteiger partial charge in [0.2, 0.25) is 0 Å². The summed E-state index contributed by atoms with van der Waals surface area (Å²) < 4.78 is 12.7. The van der Waals surface area contributed by atoms with Crippen LogP contribution in [0.15, 0.2) is 60.7 Å². The van der Waals surface area contributed by atoms with Crippen LogP contribution in [0, 0.1) is 5.92 Å². The van der Waals surface area contributed by atoms with E-state index in [9.17, 15) is 4.79 Å². The van der Waals surface area contributed by atoms with E-state index in [1.54, 1.807) is 0 Å². The Bertz CT molecular complexity index is 947. The third-order valence-electron chi connectivity index (χ3n) is 7.63. The molecule has 0 aliphatic carbocycles. The summed E-state index contributed by atoms with van der Waals surface area (Å²) in [4.78, 5) is 16.7. The molecule has 2 saturated heterocycles. The summed E-state index contributed by atoms with van der Waals surface area (Å²) in [5.41, 5.74) is -0.439. The molecular formula is C30H44N2O3Si. The van der Waals surface area contributed by atoms with Gasteiger partial charge in [-0.25, -0.2) is 4.79 Å². The zero-order valence-corrected chi connectivity index (χ0v) is 24.0. The summed E-state index contributed by atoms with van der Waals surface area (Å²) in [6.07, 6.45) is 2.09. The molecule has 0 bridgehead atoms. The van der Waals surface area contributed by atoms with Crippen LogP contribution in [-0.4, -0.2) is 68.6 Å². The van der Waals surface area contributed by atoms with E-state index in [4.69, 9.17) is 9.16 Å². The van der Waals surface area contributed by atoms with Crippen LogP contribution in [0.4, 0.5) is 4.79 Å². The first-order valence-corrected chi connectivity index (χ1v) is 15.4. The number of carbonyl (C=O) groups is 1. The van der Waals surface area contributed by atoms with Crippen LogP contribution in [0.2, 0.25) is 5.04 Å².